The third kappa shape index (κ3) is 3.23. The van der Waals surface area contributed by atoms with E-state index in [1.54, 1.807) is 0 Å². The fourth-order valence-corrected chi connectivity index (χ4v) is 3.36. The highest BCUT2D eigenvalue weighted by Crippen LogP contribution is 2.39. The summed E-state index contributed by atoms with van der Waals surface area (Å²) in [6.45, 7) is 6.09. The van der Waals surface area contributed by atoms with Crippen molar-refractivity contribution >= 4 is 34.5 Å². The van der Waals surface area contributed by atoms with Crippen molar-refractivity contribution in [3.05, 3.63) is 51.0 Å². The van der Waals surface area contributed by atoms with Crippen LogP contribution in [0.3, 0.4) is 0 Å². The molecule has 0 aliphatic carbocycles. The predicted octanol–water partition coefficient (Wildman–Crippen LogP) is 5.05. The Morgan fingerprint density at radius 2 is 1.73 bits per heavy atom. The topological polar surface area (TPSA) is 26.3 Å². The lowest BCUT2D eigenvalue weighted by molar-refractivity contribution is -0.139. The summed E-state index contributed by atoms with van der Waals surface area (Å²) in [5, 5.41) is 0. The molecule has 4 heteroatoms. The molecule has 22 heavy (non-hydrogen) atoms. The molecule has 0 bridgehead atoms. The number of esters is 1. The third-order valence-electron chi connectivity index (χ3n) is 3.91. The van der Waals surface area contributed by atoms with Gasteiger partial charge in [-0.25, -0.2) is 0 Å². The largest absolute Gasteiger partial charge is 0.469 e. The third-order valence-corrected chi connectivity index (χ3v) is 5.77. The van der Waals surface area contributed by atoms with Crippen molar-refractivity contribution in [2.45, 2.75) is 32.1 Å². The zero-order valence-electron chi connectivity index (χ0n) is 13.2. The van der Waals surface area contributed by atoms with E-state index in [9.17, 15) is 4.79 Å². The van der Waals surface area contributed by atoms with E-state index < -0.39 is 0 Å². The Kier molecular flexibility index (Phi) is 5.35. The summed E-state index contributed by atoms with van der Waals surface area (Å²) in [7, 11) is 1.41. The number of benzene rings is 2. The van der Waals surface area contributed by atoms with Crippen molar-refractivity contribution < 1.29 is 9.53 Å². The number of carbonyl (C=O) groups is 1. The molecular formula is C18H19BrO2S. The minimum atomic E-state index is -0.245. The van der Waals surface area contributed by atoms with Crippen molar-refractivity contribution in [2.75, 3.05) is 7.11 Å². The average molecular weight is 379 g/mol. The quantitative estimate of drug-likeness (QED) is 0.597. The van der Waals surface area contributed by atoms with E-state index in [-0.39, 0.29) is 12.4 Å². The number of aryl methyl sites for hydroxylation is 1. The predicted molar refractivity (Wildman–Crippen MR) is 96.8 cm³/mol. The molecule has 116 valence electrons. The van der Waals surface area contributed by atoms with Crippen LogP contribution in [0.25, 0.3) is 11.1 Å². The molecule has 0 saturated carbocycles. The zero-order chi connectivity index (χ0) is 16.4. The van der Waals surface area contributed by atoms with Gasteiger partial charge in [0.25, 0.3) is 0 Å². The summed E-state index contributed by atoms with van der Waals surface area (Å²) >= 11 is 8.20. The maximum Gasteiger partial charge on any atom is 0.310 e. The van der Waals surface area contributed by atoms with E-state index in [1.165, 1.54) is 12.7 Å². The second-order valence-electron chi connectivity index (χ2n) is 5.39. The Balaban J connectivity index is 2.74. The summed E-state index contributed by atoms with van der Waals surface area (Å²) in [5.74, 6) is -0.245. The van der Waals surface area contributed by atoms with E-state index in [4.69, 9.17) is 4.74 Å². The molecule has 0 saturated heterocycles. The first-order chi connectivity index (χ1) is 10.4. The molecule has 2 aromatic carbocycles. The number of methoxy groups -OCH3 is 1. The van der Waals surface area contributed by atoms with Gasteiger partial charge in [-0.2, -0.15) is 0 Å². The Hall–Kier alpha value is -1.26. The lowest BCUT2D eigenvalue weighted by Gasteiger charge is -2.19. The molecule has 0 N–H and O–H groups in total. The molecule has 0 spiro atoms. The lowest BCUT2D eigenvalue weighted by Crippen LogP contribution is -2.09. The molecule has 0 aliphatic rings. The van der Waals surface area contributed by atoms with Crippen LogP contribution in [-0.4, -0.2) is 13.1 Å². The van der Waals surface area contributed by atoms with Gasteiger partial charge in [-0.3, -0.25) is 4.79 Å². The van der Waals surface area contributed by atoms with Crippen LogP contribution in [0.5, 0.6) is 0 Å². The molecule has 0 aliphatic heterocycles. The van der Waals surface area contributed by atoms with Crippen LogP contribution >= 0.6 is 28.6 Å². The van der Waals surface area contributed by atoms with Crippen LogP contribution in [0, 0.1) is 20.8 Å². The number of ether oxygens (including phenoxy) is 1. The van der Waals surface area contributed by atoms with Gasteiger partial charge in [0, 0.05) is 9.37 Å². The summed E-state index contributed by atoms with van der Waals surface area (Å²) in [5.41, 5.74) is 6.44. The van der Waals surface area contributed by atoms with Crippen LogP contribution < -0.4 is 0 Å². The second kappa shape index (κ2) is 6.88. The minimum Gasteiger partial charge on any atom is -0.469 e. The van der Waals surface area contributed by atoms with Crippen molar-refractivity contribution in [1.82, 2.24) is 0 Å². The van der Waals surface area contributed by atoms with Gasteiger partial charge < -0.3 is 4.74 Å². The lowest BCUT2D eigenvalue weighted by atomic mass is 9.89. The van der Waals surface area contributed by atoms with Crippen LogP contribution in [0.1, 0.15) is 22.3 Å². The number of rotatable bonds is 3. The summed E-state index contributed by atoms with van der Waals surface area (Å²) < 4.78 is 5.82. The van der Waals surface area contributed by atoms with Crippen molar-refractivity contribution in [3.8, 4) is 11.1 Å². The standard InChI is InChI=1S/C18H19BrO2S/c1-10-5-7-13(8-6-10)16-12(3)17(19)18(22)11(2)14(16)9-15(20)21-4/h5-8,22H,9H2,1-4H3. The maximum absolute atomic E-state index is 11.8. The fourth-order valence-electron chi connectivity index (χ4n) is 2.56. The van der Waals surface area contributed by atoms with Crippen molar-refractivity contribution in [2.24, 2.45) is 0 Å². The van der Waals surface area contributed by atoms with E-state index in [2.05, 4.69) is 59.7 Å². The highest BCUT2D eigenvalue weighted by atomic mass is 79.9. The van der Waals surface area contributed by atoms with Gasteiger partial charge in [0.1, 0.15) is 0 Å². The Labute approximate surface area is 145 Å². The molecule has 0 unspecified atom stereocenters. The zero-order valence-corrected chi connectivity index (χ0v) is 15.6. The Morgan fingerprint density at radius 1 is 1.14 bits per heavy atom. The monoisotopic (exact) mass is 378 g/mol. The van der Waals surface area contributed by atoms with Gasteiger partial charge >= 0.3 is 5.97 Å². The van der Waals surface area contributed by atoms with Gasteiger partial charge in [0.2, 0.25) is 0 Å². The Morgan fingerprint density at radius 3 is 2.27 bits per heavy atom. The highest BCUT2D eigenvalue weighted by molar-refractivity contribution is 9.10. The van der Waals surface area contributed by atoms with Crippen LogP contribution in [-0.2, 0) is 16.0 Å². The van der Waals surface area contributed by atoms with Gasteiger partial charge in [-0.1, -0.05) is 29.8 Å². The first-order valence-corrected chi connectivity index (χ1v) is 8.25. The maximum atomic E-state index is 11.8. The molecule has 2 aromatic rings. The van der Waals surface area contributed by atoms with Crippen LogP contribution in [0.4, 0.5) is 0 Å². The number of hydrogen-bond donors (Lipinski definition) is 1. The molecule has 0 aromatic heterocycles. The summed E-state index contributed by atoms with van der Waals surface area (Å²) in [4.78, 5) is 12.7. The normalized spacial score (nSPS) is 10.6. The molecule has 0 fully saturated rings. The average Bonchev–Trinajstić information content (AvgIpc) is 2.52. The Bertz CT molecular complexity index is 721. The molecule has 0 radical (unpaired) electrons. The molecule has 2 nitrogen and oxygen atoms in total. The van der Waals surface area contributed by atoms with E-state index in [1.807, 2.05) is 13.8 Å². The summed E-state index contributed by atoms with van der Waals surface area (Å²) in [6.07, 6.45) is 0.243. The molecule has 0 atom stereocenters. The first-order valence-electron chi connectivity index (χ1n) is 7.01. The summed E-state index contributed by atoms with van der Waals surface area (Å²) in [6, 6.07) is 8.33. The minimum absolute atomic E-state index is 0.243. The smallest absolute Gasteiger partial charge is 0.310 e. The number of carbonyl (C=O) groups excluding carboxylic acids is 1. The molecular weight excluding hydrogens is 360 g/mol. The first kappa shape index (κ1) is 17.1. The second-order valence-corrected chi connectivity index (χ2v) is 6.63. The van der Waals surface area contributed by atoms with Crippen molar-refractivity contribution in [3.63, 3.8) is 0 Å². The molecule has 2 rings (SSSR count). The SMILES string of the molecule is COC(=O)Cc1c(C)c(S)c(Br)c(C)c1-c1ccc(C)cc1. The van der Waals surface area contributed by atoms with Crippen LogP contribution in [0.2, 0.25) is 0 Å². The van der Waals surface area contributed by atoms with Crippen molar-refractivity contribution in [1.29, 1.82) is 0 Å². The molecule has 0 heterocycles. The highest BCUT2D eigenvalue weighted by Gasteiger charge is 2.20. The number of hydrogen-bond acceptors (Lipinski definition) is 3. The van der Waals surface area contributed by atoms with Gasteiger partial charge in [0.05, 0.1) is 13.5 Å². The number of halogens is 1. The van der Waals surface area contributed by atoms with E-state index in [0.29, 0.717) is 0 Å². The van der Waals surface area contributed by atoms with Gasteiger partial charge in [-0.05, 0) is 64.5 Å². The molecule has 0 amide bonds. The fraction of sp³-hybridized carbons (Fsp3) is 0.278. The van der Waals surface area contributed by atoms with E-state index in [0.717, 1.165) is 37.2 Å². The number of thiol groups is 1. The van der Waals surface area contributed by atoms with Gasteiger partial charge in [0.15, 0.2) is 0 Å². The van der Waals surface area contributed by atoms with Gasteiger partial charge in [-0.15, -0.1) is 12.6 Å². The van der Waals surface area contributed by atoms with E-state index >= 15 is 0 Å². The van der Waals surface area contributed by atoms with Crippen LogP contribution in [0.15, 0.2) is 33.6 Å².